The smallest absolute Gasteiger partial charge is 0.251 e. The molecular weight excluding hydrogens is 286 g/mol. The monoisotopic (exact) mass is 307 g/mol. The number of piperazine rings is 1. The molecule has 1 saturated heterocycles. The van der Waals surface area contributed by atoms with Crippen LogP contribution in [0.25, 0.3) is 0 Å². The van der Waals surface area contributed by atoms with E-state index in [4.69, 9.17) is 5.26 Å². The molecule has 1 aliphatic heterocycles. The van der Waals surface area contributed by atoms with Crippen molar-refractivity contribution in [1.82, 2.24) is 10.2 Å². The predicted octanol–water partition coefficient (Wildman–Crippen LogP) is 3.41. The summed E-state index contributed by atoms with van der Waals surface area (Å²) in [4.78, 5) is 14.4. The van der Waals surface area contributed by atoms with Gasteiger partial charge < -0.3 is 10.2 Å². The highest BCUT2D eigenvalue weighted by Crippen LogP contribution is 2.32. The summed E-state index contributed by atoms with van der Waals surface area (Å²) in [6.45, 7) is 4.00. The van der Waals surface area contributed by atoms with Crippen molar-refractivity contribution in [3.63, 3.8) is 0 Å². The first kappa shape index (κ1) is 16.6. The molecule has 1 aliphatic carbocycles. The normalized spacial score (nSPS) is 19.1. The molecule has 1 atom stereocenters. The van der Waals surface area contributed by atoms with Crippen molar-refractivity contribution in [3.8, 4) is 6.07 Å². The number of amides is 1. The largest absolute Gasteiger partial charge is 0.357 e. The summed E-state index contributed by atoms with van der Waals surface area (Å²) in [5.74, 6) is -0.0714. The zero-order valence-electron chi connectivity index (χ0n) is 13.7. The maximum atomic E-state index is 12.4. The van der Waals surface area contributed by atoms with Crippen molar-refractivity contribution in [3.05, 3.63) is 71.1 Å². The van der Waals surface area contributed by atoms with Gasteiger partial charge in [0.05, 0.1) is 23.0 Å². The van der Waals surface area contributed by atoms with E-state index in [1.807, 2.05) is 62.2 Å². The molecule has 1 N–H and O–H groups in total. The van der Waals surface area contributed by atoms with Gasteiger partial charge in [-0.2, -0.15) is 5.26 Å². The SMILES string of the molecule is CC.CN1C2=CC=CCC=C2NC(=O)C1c1cccc(C#N)c1. The molecule has 1 aromatic rings. The van der Waals surface area contributed by atoms with Gasteiger partial charge in [0.25, 0.3) is 5.91 Å². The van der Waals surface area contributed by atoms with Gasteiger partial charge >= 0.3 is 0 Å². The number of allylic oxidation sites excluding steroid dienone is 4. The van der Waals surface area contributed by atoms with Gasteiger partial charge in [0.2, 0.25) is 0 Å². The number of likely N-dealkylation sites (N-methyl/N-ethyl adjacent to an activating group) is 1. The van der Waals surface area contributed by atoms with Gasteiger partial charge in [0, 0.05) is 7.05 Å². The lowest BCUT2D eigenvalue weighted by molar-refractivity contribution is -0.126. The molecule has 1 unspecified atom stereocenters. The van der Waals surface area contributed by atoms with Crippen LogP contribution < -0.4 is 5.32 Å². The average Bonchev–Trinajstić information content (AvgIpc) is 2.82. The van der Waals surface area contributed by atoms with Crippen LogP contribution in [0.5, 0.6) is 0 Å². The number of nitrogens with one attached hydrogen (secondary N) is 1. The molecule has 23 heavy (non-hydrogen) atoms. The van der Waals surface area contributed by atoms with E-state index in [2.05, 4.69) is 11.4 Å². The van der Waals surface area contributed by atoms with E-state index in [0.717, 1.165) is 23.4 Å². The summed E-state index contributed by atoms with van der Waals surface area (Å²) < 4.78 is 0. The fourth-order valence-electron chi connectivity index (χ4n) is 2.71. The van der Waals surface area contributed by atoms with E-state index in [1.54, 1.807) is 12.1 Å². The number of benzene rings is 1. The lowest BCUT2D eigenvalue weighted by Gasteiger charge is -2.37. The van der Waals surface area contributed by atoms with Crippen LogP contribution in [-0.4, -0.2) is 17.9 Å². The maximum Gasteiger partial charge on any atom is 0.251 e. The van der Waals surface area contributed by atoms with Crippen molar-refractivity contribution in [2.45, 2.75) is 26.3 Å². The molecule has 0 spiro atoms. The molecule has 4 nitrogen and oxygen atoms in total. The van der Waals surface area contributed by atoms with E-state index in [9.17, 15) is 4.79 Å². The van der Waals surface area contributed by atoms with E-state index in [0.29, 0.717) is 5.56 Å². The third-order valence-corrected chi connectivity index (χ3v) is 3.73. The highest BCUT2D eigenvalue weighted by molar-refractivity contribution is 5.87. The standard InChI is InChI=1S/C17H15N3O.C2H6/c1-20-15-9-4-2-3-8-14(15)19-17(21)16(20)13-7-5-6-12(10-13)11-18;1-2/h2,4-10,16H,3H2,1H3,(H,19,21);1-2H3. The highest BCUT2D eigenvalue weighted by atomic mass is 16.2. The third kappa shape index (κ3) is 3.35. The molecule has 1 aromatic carbocycles. The van der Waals surface area contributed by atoms with Crippen molar-refractivity contribution in [2.24, 2.45) is 0 Å². The number of nitriles is 1. The molecular formula is C19H21N3O. The number of rotatable bonds is 1. The van der Waals surface area contributed by atoms with Gasteiger partial charge in [0.15, 0.2) is 0 Å². The Balaban J connectivity index is 0.000000924. The van der Waals surface area contributed by atoms with Crippen LogP contribution >= 0.6 is 0 Å². The number of nitrogens with zero attached hydrogens (tertiary/aromatic N) is 2. The number of hydrogen-bond donors (Lipinski definition) is 1. The van der Waals surface area contributed by atoms with Crippen LogP contribution in [0, 0.1) is 11.3 Å². The zero-order chi connectivity index (χ0) is 16.8. The summed E-state index contributed by atoms with van der Waals surface area (Å²) in [6, 6.07) is 8.88. The van der Waals surface area contributed by atoms with E-state index in [1.165, 1.54) is 0 Å². The molecule has 4 heteroatoms. The van der Waals surface area contributed by atoms with Crippen LogP contribution in [-0.2, 0) is 4.79 Å². The second-order valence-corrected chi connectivity index (χ2v) is 5.07. The first-order valence-corrected chi connectivity index (χ1v) is 7.82. The van der Waals surface area contributed by atoms with E-state index >= 15 is 0 Å². The fraction of sp³-hybridized carbons (Fsp3) is 0.263. The number of carbonyl (C=O) groups excluding carboxylic acids is 1. The summed E-state index contributed by atoms with van der Waals surface area (Å²) in [5.41, 5.74) is 3.21. The lowest BCUT2D eigenvalue weighted by Crippen LogP contribution is -2.45. The summed E-state index contributed by atoms with van der Waals surface area (Å²) in [5, 5.41) is 12.0. The van der Waals surface area contributed by atoms with Gasteiger partial charge in [-0.3, -0.25) is 4.79 Å². The van der Waals surface area contributed by atoms with Gasteiger partial charge in [0.1, 0.15) is 6.04 Å². The van der Waals surface area contributed by atoms with Crippen LogP contribution in [0.1, 0.15) is 37.4 Å². The Morgan fingerprint density at radius 2 is 2.13 bits per heavy atom. The summed E-state index contributed by atoms with van der Waals surface area (Å²) in [6.07, 6.45) is 8.85. The zero-order valence-corrected chi connectivity index (χ0v) is 13.7. The molecule has 1 heterocycles. The molecule has 1 fully saturated rings. The van der Waals surface area contributed by atoms with Crippen LogP contribution in [0.2, 0.25) is 0 Å². The molecule has 0 radical (unpaired) electrons. The number of carbonyl (C=O) groups is 1. The number of fused-ring (bicyclic) bond motifs is 1. The van der Waals surface area contributed by atoms with Gasteiger partial charge in [-0.05, 0) is 30.2 Å². The van der Waals surface area contributed by atoms with Gasteiger partial charge in [-0.25, -0.2) is 0 Å². The topological polar surface area (TPSA) is 56.1 Å². The number of hydrogen-bond acceptors (Lipinski definition) is 3. The van der Waals surface area contributed by atoms with Gasteiger partial charge in [-0.1, -0.05) is 44.2 Å². The summed E-state index contributed by atoms with van der Waals surface area (Å²) in [7, 11) is 1.90. The Labute approximate surface area is 137 Å². The fourth-order valence-corrected chi connectivity index (χ4v) is 2.71. The second-order valence-electron chi connectivity index (χ2n) is 5.07. The van der Waals surface area contributed by atoms with Crippen LogP contribution in [0.3, 0.4) is 0 Å². The van der Waals surface area contributed by atoms with Crippen LogP contribution in [0.4, 0.5) is 0 Å². The molecule has 0 aromatic heterocycles. The molecule has 1 amide bonds. The van der Waals surface area contributed by atoms with Crippen molar-refractivity contribution >= 4 is 5.91 Å². The maximum absolute atomic E-state index is 12.4. The molecule has 0 bridgehead atoms. The predicted molar refractivity (Wildman–Crippen MR) is 91.1 cm³/mol. The minimum absolute atomic E-state index is 0.0714. The van der Waals surface area contributed by atoms with E-state index < -0.39 is 6.04 Å². The molecule has 2 aliphatic rings. The molecule has 118 valence electrons. The first-order valence-electron chi connectivity index (χ1n) is 7.82. The minimum Gasteiger partial charge on any atom is -0.357 e. The second kappa shape index (κ2) is 7.46. The van der Waals surface area contributed by atoms with Crippen molar-refractivity contribution in [2.75, 3.05) is 7.05 Å². The average molecular weight is 307 g/mol. The Morgan fingerprint density at radius 3 is 2.87 bits per heavy atom. The van der Waals surface area contributed by atoms with Crippen molar-refractivity contribution in [1.29, 1.82) is 5.26 Å². The highest BCUT2D eigenvalue weighted by Gasteiger charge is 2.33. The Morgan fingerprint density at radius 1 is 1.35 bits per heavy atom. The van der Waals surface area contributed by atoms with Crippen LogP contribution in [0.15, 0.2) is 60.0 Å². The molecule has 3 rings (SSSR count). The summed E-state index contributed by atoms with van der Waals surface area (Å²) >= 11 is 0. The third-order valence-electron chi connectivity index (χ3n) is 3.73. The van der Waals surface area contributed by atoms with E-state index in [-0.39, 0.29) is 5.91 Å². The Hall–Kier alpha value is -2.80. The first-order chi connectivity index (χ1) is 11.2. The molecule has 0 saturated carbocycles. The Kier molecular flexibility index (Phi) is 5.37. The quantitative estimate of drug-likeness (QED) is 0.865. The minimum atomic E-state index is -0.423. The Bertz CT molecular complexity index is 722. The van der Waals surface area contributed by atoms with Gasteiger partial charge in [-0.15, -0.1) is 0 Å². The van der Waals surface area contributed by atoms with Crippen molar-refractivity contribution < 1.29 is 4.79 Å². The lowest BCUT2D eigenvalue weighted by atomic mass is 9.98.